The molecule has 2 rings (SSSR count). The molecule has 0 N–H and O–H groups in total. The molecular formula is C17H19FO3. The number of rotatable bonds is 8. The molecule has 2 aromatic rings. The average molecular weight is 290 g/mol. The highest BCUT2D eigenvalue weighted by Gasteiger charge is 2.02. The molecule has 0 saturated carbocycles. The van der Waals surface area contributed by atoms with E-state index in [1.54, 1.807) is 19.2 Å². The number of para-hydroxylation sites is 2. The van der Waals surface area contributed by atoms with Crippen LogP contribution < -0.4 is 14.2 Å². The van der Waals surface area contributed by atoms with E-state index >= 15 is 0 Å². The molecule has 0 atom stereocenters. The molecule has 0 unspecified atom stereocenters. The zero-order valence-electron chi connectivity index (χ0n) is 12.0. The molecule has 0 aliphatic rings. The first-order valence-corrected chi connectivity index (χ1v) is 6.94. The van der Waals surface area contributed by atoms with Gasteiger partial charge < -0.3 is 14.2 Å². The van der Waals surface area contributed by atoms with Crippen molar-refractivity contribution in [1.82, 2.24) is 0 Å². The summed E-state index contributed by atoms with van der Waals surface area (Å²) in [6.07, 6.45) is 1.74. The molecule has 3 nitrogen and oxygen atoms in total. The maximum atomic E-state index is 12.7. The monoisotopic (exact) mass is 290 g/mol. The minimum atomic E-state index is -0.257. The van der Waals surface area contributed by atoms with Gasteiger partial charge in [0.1, 0.15) is 11.6 Å². The fourth-order valence-corrected chi connectivity index (χ4v) is 1.85. The number of hydrogen-bond donors (Lipinski definition) is 0. The van der Waals surface area contributed by atoms with Gasteiger partial charge in [-0.05, 0) is 49.2 Å². The third-order valence-corrected chi connectivity index (χ3v) is 2.95. The van der Waals surface area contributed by atoms with Crippen LogP contribution in [0, 0.1) is 5.82 Å². The van der Waals surface area contributed by atoms with Crippen LogP contribution in [0.3, 0.4) is 0 Å². The van der Waals surface area contributed by atoms with Gasteiger partial charge in [-0.25, -0.2) is 4.39 Å². The predicted octanol–water partition coefficient (Wildman–Crippen LogP) is 4.07. The van der Waals surface area contributed by atoms with Gasteiger partial charge in [0, 0.05) is 0 Å². The molecule has 0 aliphatic carbocycles. The van der Waals surface area contributed by atoms with Crippen molar-refractivity contribution >= 4 is 0 Å². The van der Waals surface area contributed by atoms with Crippen molar-refractivity contribution in [3.8, 4) is 17.2 Å². The Kier molecular flexibility index (Phi) is 5.88. The van der Waals surface area contributed by atoms with Crippen molar-refractivity contribution in [2.24, 2.45) is 0 Å². The SMILES string of the molecule is COc1ccccc1OCCCCOc1ccc(F)cc1. The van der Waals surface area contributed by atoms with E-state index in [0.717, 1.165) is 24.3 Å². The molecule has 0 heterocycles. The third-order valence-electron chi connectivity index (χ3n) is 2.95. The number of methoxy groups -OCH3 is 1. The Bertz CT molecular complexity index is 540. The maximum Gasteiger partial charge on any atom is 0.161 e. The first-order chi connectivity index (χ1) is 10.3. The molecule has 2 aromatic carbocycles. The van der Waals surface area contributed by atoms with Crippen molar-refractivity contribution in [2.45, 2.75) is 12.8 Å². The number of benzene rings is 2. The second kappa shape index (κ2) is 8.15. The zero-order valence-corrected chi connectivity index (χ0v) is 12.0. The molecule has 21 heavy (non-hydrogen) atoms. The average Bonchev–Trinajstić information content (AvgIpc) is 2.53. The smallest absolute Gasteiger partial charge is 0.161 e. The summed E-state index contributed by atoms with van der Waals surface area (Å²) in [5, 5.41) is 0. The largest absolute Gasteiger partial charge is 0.494 e. The van der Waals surface area contributed by atoms with Crippen LogP contribution in [0.15, 0.2) is 48.5 Å². The molecule has 0 saturated heterocycles. The second-order valence-electron chi connectivity index (χ2n) is 4.51. The van der Waals surface area contributed by atoms with Gasteiger partial charge in [-0.1, -0.05) is 12.1 Å². The van der Waals surface area contributed by atoms with Crippen molar-refractivity contribution in [3.05, 3.63) is 54.3 Å². The Labute approximate surface area is 124 Å². The third kappa shape index (κ3) is 4.99. The molecule has 0 bridgehead atoms. The highest BCUT2D eigenvalue weighted by molar-refractivity contribution is 5.39. The molecular weight excluding hydrogens is 271 g/mol. The summed E-state index contributed by atoms with van der Waals surface area (Å²) >= 11 is 0. The van der Waals surface area contributed by atoms with Gasteiger partial charge >= 0.3 is 0 Å². The van der Waals surface area contributed by atoms with Gasteiger partial charge in [-0.3, -0.25) is 0 Å². The quantitative estimate of drug-likeness (QED) is 0.686. The van der Waals surface area contributed by atoms with E-state index in [1.165, 1.54) is 12.1 Å². The van der Waals surface area contributed by atoms with Crippen molar-refractivity contribution < 1.29 is 18.6 Å². The first kappa shape index (κ1) is 15.2. The lowest BCUT2D eigenvalue weighted by Gasteiger charge is -2.10. The van der Waals surface area contributed by atoms with Gasteiger partial charge in [-0.15, -0.1) is 0 Å². The molecule has 0 radical (unpaired) electrons. The molecule has 0 spiro atoms. The van der Waals surface area contributed by atoms with Crippen LogP contribution >= 0.6 is 0 Å². The topological polar surface area (TPSA) is 27.7 Å². The normalized spacial score (nSPS) is 10.2. The Balaban J connectivity index is 1.63. The van der Waals surface area contributed by atoms with E-state index in [4.69, 9.17) is 14.2 Å². The van der Waals surface area contributed by atoms with Crippen molar-refractivity contribution in [2.75, 3.05) is 20.3 Å². The van der Waals surface area contributed by atoms with E-state index < -0.39 is 0 Å². The minimum absolute atomic E-state index is 0.257. The molecule has 112 valence electrons. The fourth-order valence-electron chi connectivity index (χ4n) is 1.85. The summed E-state index contributed by atoms with van der Waals surface area (Å²) in [5.41, 5.74) is 0. The standard InChI is InChI=1S/C17H19FO3/c1-19-16-6-2-3-7-17(16)21-13-5-4-12-20-15-10-8-14(18)9-11-15/h2-3,6-11H,4-5,12-13H2,1H3. The van der Waals surface area contributed by atoms with E-state index in [1.807, 2.05) is 24.3 Å². The summed E-state index contributed by atoms with van der Waals surface area (Å²) in [6, 6.07) is 13.6. The Morgan fingerprint density at radius 2 is 1.43 bits per heavy atom. The fraction of sp³-hybridized carbons (Fsp3) is 0.294. The number of ether oxygens (including phenoxy) is 3. The number of unbranched alkanes of at least 4 members (excludes halogenated alkanes) is 1. The lowest BCUT2D eigenvalue weighted by atomic mass is 10.3. The van der Waals surface area contributed by atoms with E-state index in [2.05, 4.69) is 0 Å². The molecule has 0 fully saturated rings. The molecule has 0 aromatic heterocycles. The second-order valence-corrected chi connectivity index (χ2v) is 4.51. The summed E-state index contributed by atoms with van der Waals surface area (Å²) in [5.74, 6) is 1.91. The molecule has 4 heteroatoms. The van der Waals surface area contributed by atoms with Gasteiger partial charge in [0.05, 0.1) is 20.3 Å². The van der Waals surface area contributed by atoms with Gasteiger partial charge in [0.25, 0.3) is 0 Å². The Morgan fingerprint density at radius 1 is 0.810 bits per heavy atom. The lowest BCUT2D eigenvalue weighted by Crippen LogP contribution is -2.03. The van der Waals surface area contributed by atoms with Crippen LogP contribution in [0.4, 0.5) is 4.39 Å². The molecule has 0 aliphatic heterocycles. The number of hydrogen-bond acceptors (Lipinski definition) is 3. The minimum Gasteiger partial charge on any atom is -0.494 e. The highest BCUT2D eigenvalue weighted by atomic mass is 19.1. The summed E-state index contributed by atoms with van der Waals surface area (Å²) in [6.45, 7) is 1.19. The predicted molar refractivity (Wildman–Crippen MR) is 79.6 cm³/mol. The van der Waals surface area contributed by atoms with Crippen LogP contribution in [-0.2, 0) is 0 Å². The zero-order chi connectivity index (χ0) is 14.9. The summed E-state index contributed by atoms with van der Waals surface area (Å²) < 4.78 is 29.1. The van der Waals surface area contributed by atoms with Gasteiger partial charge in [0.2, 0.25) is 0 Å². The van der Waals surface area contributed by atoms with Crippen molar-refractivity contribution in [3.63, 3.8) is 0 Å². The molecule has 0 amide bonds. The van der Waals surface area contributed by atoms with E-state index in [0.29, 0.717) is 19.0 Å². The maximum absolute atomic E-state index is 12.7. The summed E-state index contributed by atoms with van der Waals surface area (Å²) in [4.78, 5) is 0. The summed E-state index contributed by atoms with van der Waals surface area (Å²) in [7, 11) is 1.62. The number of halogens is 1. The first-order valence-electron chi connectivity index (χ1n) is 6.94. The van der Waals surface area contributed by atoms with E-state index in [-0.39, 0.29) is 5.82 Å². The van der Waals surface area contributed by atoms with Crippen molar-refractivity contribution in [1.29, 1.82) is 0 Å². The van der Waals surface area contributed by atoms with Gasteiger partial charge in [-0.2, -0.15) is 0 Å². The van der Waals surface area contributed by atoms with Crippen LogP contribution in [-0.4, -0.2) is 20.3 Å². The Hall–Kier alpha value is -2.23. The van der Waals surface area contributed by atoms with Gasteiger partial charge in [0.15, 0.2) is 11.5 Å². The van der Waals surface area contributed by atoms with Crippen LogP contribution in [0.25, 0.3) is 0 Å². The van der Waals surface area contributed by atoms with Crippen LogP contribution in [0.2, 0.25) is 0 Å². The lowest BCUT2D eigenvalue weighted by molar-refractivity contribution is 0.258. The highest BCUT2D eigenvalue weighted by Crippen LogP contribution is 2.25. The van der Waals surface area contributed by atoms with E-state index in [9.17, 15) is 4.39 Å². The van der Waals surface area contributed by atoms with Crippen LogP contribution in [0.1, 0.15) is 12.8 Å². The Morgan fingerprint density at radius 3 is 2.10 bits per heavy atom. The van der Waals surface area contributed by atoms with Crippen LogP contribution in [0.5, 0.6) is 17.2 Å².